The summed E-state index contributed by atoms with van der Waals surface area (Å²) in [5.74, 6) is 0.891. The minimum Gasteiger partial charge on any atom is -0.465 e. The van der Waals surface area contributed by atoms with E-state index >= 15 is 0 Å². The van der Waals surface area contributed by atoms with E-state index in [1.165, 1.54) is 0 Å². The third-order valence-corrected chi connectivity index (χ3v) is 5.21. The monoisotopic (exact) mass is 308 g/mol. The van der Waals surface area contributed by atoms with Crippen LogP contribution >= 0.6 is 0 Å². The molecule has 0 aliphatic heterocycles. The van der Waals surface area contributed by atoms with Crippen molar-refractivity contribution in [3.8, 4) is 0 Å². The van der Waals surface area contributed by atoms with E-state index < -0.39 is 10.0 Å². The number of nitrogens with two attached hydrogens (primary N) is 1. The zero-order valence-electron chi connectivity index (χ0n) is 12.6. The Labute approximate surface area is 125 Å². The van der Waals surface area contributed by atoms with Crippen molar-refractivity contribution in [3.63, 3.8) is 0 Å². The van der Waals surface area contributed by atoms with Crippen molar-refractivity contribution in [2.24, 2.45) is 5.73 Å². The SMILES string of the molecule is Cc1cccc(NS(=O)(=O)c2c(C)oc(C)c2CN)c1C. The van der Waals surface area contributed by atoms with Crippen LogP contribution in [0, 0.1) is 27.7 Å². The van der Waals surface area contributed by atoms with E-state index in [-0.39, 0.29) is 11.4 Å². The Morgan fingerprint density at radius 1 is 1.14 bits per heavy atom. The van der Waals surface area contributed by atoms with Crippen molar-refractivity contribution >= 4 is 15.7 Å². The van der Waals surface area contributed by atoms with E-state index in [1.807, 2.05) is 26.0 Å². The summed E-state index contributed by atoms with van der Waals surface area (Å²) in [5, 5.41) is 0. The fourth-order valence-electron chi connectivity index (χ4n) is 2.36. The van der Waals surface area contributed by atoms with Crippen LogP contribution in [0.15, 0.2) is 27.5 Å². The molecule has 0 saturated heterocycles. The molecule has 0 saturated carbocycles. The summed E-state index contributed by atoms with van der Waals surface area (Å²) in [5.41, 5.74) is 8.66. The van der Waals surface area contributed by atoms with Gasteiger partial charge < -0.3 is 10.2 Å². The topological polar surface area (TPSA) is 85.3 Å². The molecule has 3 N–H and O–H groups in total. The summed E-state index contributed by atoms with van der Waals surface area (Å²) in [6.45, 7) is 7.28. The van der Waals surface area contributed by atoms with E-state index in [0.29, 0.717) is 22.8 Å². The first-order valence-corrected chi connectivity index (χ1v) is 8.14. The first-order chi connectivity index (χ1) is 9.77. The number of benzene rings is 1. The van der Waals surface area contributed by atoms with Gasteiger partial charge in [0.15, 0.2) is 0 Å². The van der Waals surface area contributed by atoms with Crippen molar-refractivity contribution in [1.29, 1.82) is 0 Å². The molecule has 6 heteroatoms. The van der Waals surface area contributed by atoms with Gasteiger partial charge in [0.25, 0.3) is 10.0 Å². The van der Waals surface area contributed by atoms with Gasteiger partial charge in [0, 0.05) is 12.1 Å². The Balaban J connectivity index is 2.51. The van der Waals surface area contributed by atoms with Crippen LogP contribution < -0.4 is 10.5 Å². The average molecular weight is 308 g/mol. The molecule has 5 nitrogen and oxygen atoms in total. The minimum atomic E-state index is -3.73. The summed E-state index contributed by atoms with van der Waals surface area (Å²) < 4.78 is 33.3. The van der Waals surface area contributed by atoms with Crippen LogP contribution in [-0.4, -0.2) is 8.42 Å². The zero-order chi connectivity index (χ0) is 15.8. The van der Waals surface area contributed by atoms with Gasteiger partial charge in [-0.3, -0.25) is 4.72 Å². The van der Waals surface area contributed by atoms with Gasteiger partial charge in [0.2, 0.25) is 0 Å². The normalized spacial score (nSPS) is 11.7. The number of furan rings is 1. The Hall–Kier alpha value is -1.79. The number of hydrogen-bond donors (Lipinski definition) is 2. The minimum absolute atomic E-state index is 0.117. The lowest BCUT2D eigenvalue weighted by Gasteiger charge is -2.12. The molecule has 0 radical (unpaired) electrons. The Kier molecular flexibility index (Phi) is 4.11. The van der Waals surface area contributed by atoms with Crippen molar-refractivity contribution in [2.75, 3.05) is 4.72 Å². The highest BCUT2D eigenvalue weighted by Gasteiger charge is 2.26. The lowest BCUT2D eigenvalue weighted by atomic mass is 10.1. The third-order valence-electron chi connectivity index (χ3n) is 3.65. The molecule has 0 atom stereocenters. The first-order valence-electron chi connectivity index (χ1n) is 6.66. The predicted molar refractivity (Wildman–Crippen MR) is 82.8 cm³/mol. The molecular formula is C15H20N2O3S. The van der Waals surface area contributed by atoms with E-state index in [0.717, 1.165) is 11.1 Å². The van der Waals surface area contributed by atoms with Gasteiger partial charge in [-0.1, -0.05) is 12.1 Å². The molecular weight excluding hydrogens is 288 g/mol. The maximum absolute atomic E-state index is 12.7. The number of nitrogens with one attached hydrogen (secondary N) is 1. The fourth-order valence-corrected chi connectivity index (χ4v) is 3.94. The van der Waals surface area contributed by atoms with Crippen LogP contribution in [0.5, 0.6) is 0 Å². The van der Waals surface area contributed by atoms with Crippen molar-refractivity contribution in [2.45, 2.75) is 39.1 Å². The lowest BCUT2D eigenvalue weighted by molar-refractivity contribution is 0.494. The highest BCUT2D eigenvalue weighted by Crippen LogP contribution is 2.29. The number of hydrogen-bond acceptors (Lipinski definition) is 4. The quantitative estimate of drug-likeness (QED) is 0.909. The second-order valence-electron chi connectivity index (χ2n) is 5.08. The van der Waals surface area contributed by atoms with Gasteiger partial charge in [0.1, 0.15) is 16.4 Å². The summed E-state index contributed by atoms with van der Waals surface area (Å²) in [4.78, 5) is 0.142. The second kappa shape index (κ2) is 5.54. The molecule has 2 rings (SSSR count). The molecule has 1 heterocycles. The fraction of sp³-hybridized carbons (Fsp3) is 0.333. The van der Waals surface area contributed by atoms with E-state index in [9.17, 15) is 8.42 Å². The van der Waals surface area contributed by atoms with Crippen LogP contribution in [0.25, 0.3) is 0 Å². The highest BCUT2D eigenvalue weighted by molar-refractivity contribution is 7.92. The van der Waals surface area contributed by atoms with Gasteiger partial charge in [0.05, 0.1) is 5.69 Å². The third kappa shape index (κ3) is 2.82. The summed E-state index contributed by atoms with van der Waals surface area (Å²) in [7, 11) is -3.73. The number of rotatable bonds is 4. The van der Waals surface area contributed by atoms with Gasteiger partial charge in [-0.2, -0.15) is 0 Å². The molecule has 21 heavy (non-hydrogen) atoms. The highest BCUT2D eigenvalue weighted by atomic mass is 32.2. The molecule has 0 aliphatic rings. The molecule has 0 amide bonds. The smallest absolute Gasteiger partial charge is 0.265 e. The first kappa shape index (κ1) is 15.6. The number of aryl methyl sites for hydroxylation is 3. The van der Waals surface area contributed by atoms with Crippen LogP contribution in [0.1, 0.15) is 28.2 Å². The number of sulfonamides is 1. The molecule has 0 fully saturated rings. The van der Waals surface area contributed by atoms with Crippen molar-refractivity contribution in [1.82, 2.24) is 0 Å². The van der Waals surface area contributed by atoms with Gasteiger partial charge in [-0.25, -0.2) is 8.42 Å². The van der Waals surface area contributed by atoms with Crippen molar-refractivity contribution < 1.29 is 12.8 Å². The molecule has 0 spiro atoms. The zero-order valence-corrected chi connectivity index (χ0v) is 13.5. The van der Waals surface area contributed by atoms with E-state index in [4.69, 9.17) is 10.2 Å². The molecule has 1 aromatic carbocycles. The Morgan fingerprint density at radius 3 is 2.43 bits per heavy atom. The van der Waals surface area contributed by atoms with E-state index in [1.54, 1.807) is 19.9 Å². The molecule has 2 aromatic rings. The molecule has 0 bridgehead atoms. The Bertz CT molecular complexity index is 776. The Morgan fingerprint density at radius 2 is 1.81 bits per heavy atom. The van der Waals surface area contributed by atoms with Gasteiger partial charge in [-0.05, 0) is 44.9 Å². The molecule has 0 unspecified atom stereocenters. The lowest BCUT2D eigenvalue weighted by Crippen LogP contribution is -2.17. The summed E-state index contributed by atoms with van der Waals surface area (Å²) >= 11 is 0. The molecule has 114 valence electrons. The summed E-state index contributed by atoms with van der Waals surface area (Å²) in [6.07, 6.45) is 0. The second-order valence-corrected chi connectivity index (χ2v) is 6.70. The van der Waals surface area contributed by atoms with Gasteiger partial charge >= 0.3 is 0 Å². The van der Waals surface area contributed by atoms with E-state index in [2.05, 4.69) is 4.72 Å². The number of anilines is 1. The molecule has 1 aromatic heterocycles. The average Bonchev–Trinajstić information content (AvgIpc) is 2.69. The maximum atomic E-state index is 12.7. The predicted octanol–water partition coefficient (Wildman–Crippen LogP) is 2.77. The van der Waals surface area contributed by atoms with Gasteiger partial charge in [-0.15, -0.1) is 0 Å². The van der Waals surface area contributed by atoms with Crippen LogP contribution in [0.3, 0.4) is 0 Å². The summed E-state index contributed by atoms with van der Waals surface area (Å²) in [6, 6.07) is 5.49. The van der Waals surface area contributed by atoms with Crippen LogP contribution in [0.2, 0.25) is 0 Å². The largest absolute Gasteiger partial charge is 0.465 e. The standard InChI is InChI=1S/C15H20N2O3S/c1-9-6-5-7-14(10(9)2)17-21(18,19)15-12(4)20-11(3)13(15)8-16/h5-7,17H,8,16H2,1-4H3. The van der Waals surface area contributed by atoms with Crippen molar-refractivity contribution in [3.05, 3.63) is 46.4 Å². The van der Waals surface area contributed by atoms with Crippen LogP contribution in [0.4, 0.5) is 5.69 Å². The van der Waals surface area contributed by atoms with Crippen LogP contribution in [-0.2, 0) is 16.6 Å². The maximum Gasteiger partial charge on any atom is 0.265 e. The molecule has 0 aliphatic carbocycles.